The molecule has 0 aromatic heterocycles. The Kier molecular flexibility index (Phi) is 9.30. The molecule has 0 heterocycles. The summed E-state index contributed by atoms with van der Waals surface area (Å²) in [6.45, 7) is 9.82. The lowest BCUT2D eigenvalue weighted by Crippen LogP contribution is -2.25. The van der Waals surface area contributed by atoms with Gasteiger partial charge in [0.05, 0.1) is 0 Å². The number of rotatable bonds is 10. The summed E-state index contributed by atoms with van der Waals surface area (Å²) in [5.74, 6) is -0.0781. The van der Waals surface area contributed by atoms with Gasteiger partial charge in [-0.25, -0.2) is 0 Å². The maximum absolute atomic E-state index is 10.5. The van der Waals surface area contributed by atoms with Gasteiger partial charge in [-0.1, -0.05) is 33.6 Å². The van der Waals surface area contributed by atoms with Crippen LogP contribution in [-0.4, -0.2) is 35.6 Å². The standard InChI is InChI=1S/C13H27NO2/c1-4-7-12(8-9-13(15)16)10-11-14(5-2)6-3/h12H,4-11H2,1-3H3,(H,15,16). The van der Waals surface area contributed by atoms with Crippen LogP contribution in [0, 0.1) is 5.92 Å². The van der Waals surface area contributed by atoms with Crippen LogP contribution in [-0.2, 0) is 4.79 Å². The molecule has 1 N–H and O–H groups in total. The lowest BCUT2D eigenvalue weighted by Gasteiger charge is -2.22. The van der Waals surface area contributed by atoms with Crippen molar-refractivity contribution in [2.75, 3.05) is 19.6 Å². The molecule has 0 amide bonds. The van der Waals surface area contributed by atoms with Gasteiger partial charge in [-0.3, -0.25) is 4.79 Å². The molecule has 0 aliphatic carbocycles. The summed E-state index contributed by atoms with van der Waals surface area (Å²) in [5, 5.41) is 8.69. The molecule has 1 unspecified atom stereocenters. The van der Waals surface area contributed by atoms with Crippen LogP contribution in [0.1, 0.15) is 52.9 Å². The van der Waals surface area contributed by atoms with Crippen molar-refractivity contribution in [2.24, 2.45) is 5.92 Å². The Bertz CT molecular complexity index is 179. The average molecular weight is 229 g/mol. The first-order valence-corrected chi connectivity index (χ1v) is 6.58. The molecule has 0 fully saturated rings. The summed E-state index contributed by atoms with van der Waals surface area (Å²) >= 11 is 0. The predicted octanol–water partition coefficient (Wildman–Crippen LogP) is 3.00. The van der Waals surface area contributed by atoms with Crippen LogP contribution in [0.15, 0.2) is 0 Å². The van der Waals surface area contributed by atoms with E-state index in [2.05, 4.69) is 25.7 Å². The van der Waals surface area contributed by atoms with Crippen LogP contribution >= 0.6 is 0 Å². The van der Waals surface area contributed by atoms with Gasteiger partial charge < -0.3 is 10.0 Å². The molecule has 96 valence electrons. The number of carboxylic acid groups (broad SMARTS) is 1. The molecule has 0 saturated carbocycles. The average Bonchev–Trinajstić information content (AvgIpc) is 2.26. The highest BCUT2D eigenvalue weighted by molar-refractivity contribution is 5.66. The molecular weight excluding hydrogens is 202 g/mol. The summed E-state index contributed by atoms with van der Waals surface area (Å²) in [5.41, 5.74) is 0. The lowest BCUT2D eigenvalue weighted by atomic mass is 9.94. The van der Waals surface area contributed by atoms with Gasteiger partial charge >= 0.3 is 5.97 Å². The zero-order valence-corrected chi connectivity index (χ0v) is 11.0. The maximum Gasteiger partial charge on any atom is 0.303 e. The van der Waals surface area contributed by atoms with E-state index in [4.69, 9.17) is 5.11 Å². The lowest BCUT2D eigenvalue weighted by molar-refractivity contribution is -0.137. The Morgan fingerprint density at radius 3 is 2.19 bits per heavy atom. The second kappa shape index (κ2) is 9.64. The number of aliphatic carboxylic acids is 1. The molecule has 3 nitrogen and oxygen atoms in total. The molecular formula is C13H27NO2. The van der Waals surface area contributed by atoms with Crippen molar-refractivity contribution < 1.29 is 9.90 Å². The van der Waals surface area contributed by atoms with E-state index < -0.39 is 5.97 Å². The van der Waals surface area contributed by atoms with E-state index in [1.165, 1.54) is 0 Å². The molecule has 1 atom stereocenters. The third kappa shape index (κ3) is 7.69. The van der Waals surface area contributed by atoms with E-state index in [0.29, 0.717) is 12.3 Å². The number of nitrogens with zero attached hydrogens (tertiary/aromatic N) is 1. The van der Waals surface area contributed by atoms with Crippen LogP contribution in [0.3, 0.4) is 0 Å². The van der Waals surface area contributed by atoms with Crippen LogP contribution in [0.4, 0.5) is 0 Å². The number of carbonyl (C=O) groups is 1. The highest BCUT2D eigenvalue weighted by Crippen LogP contribution is 2.18. The van der Waals surface area contributed by atoms with Crippen LogP contribution in [0.25, 0.3) is 0 Å². The number of carboxylic acids is 1. The highest BCUT2D eigenvalue weighted by atomic mass is 16.4. The minimum atomic E-state index is -0.663. The van der Waals surface area contributed by atoms with Crippen molar-refractivity contribution in [1.29, 1.82) is 0 Å². The summed E-state index contributed by atoms with van der Waals surface area (Å²) in [6.07, 6.45) is 4.62. The Hall–Kier alpha value is -0.570. The van der Waals surface area contributed by atoms with Crippen LogP contribution < -0.4 is 0 Å². The van der Waals surface area contributed by atoms with Crippen molar-refractivity contribution in [3.8, 4) is 0 Å². The molecule has 0 saturated heterocycles. The smallest absolute Gasteiger partial charge is 0.303 e. The van der Waals surface area contributed by atoms with Crippen molar-refractivity contribution in [2.45, 2.75) is 52.9 Å². The van der Waals surface area contributed by atoms with Gasteiger partial charge in [0, 0.05) is 6.42 Å². The first kappa shape index (κ1) is 15.4. The molecule has 0 spiro atoms. The second-order valence-corrected chi connectivity index (χ2v) is 4.40. The first-order chi connectivity index (χ1) is 7.63. The molecule has 0 aliphatic heterocycles. The fourth-order valence-electron chi connectivity index (χ4n) is 2.07. The van der Waals surface area contributed by atoms with Gasteiger partial charge in [0.1, 0.15) is 0 Å². The SMILES string of the molecule is CCCC(CCC(=O)O)CCN(CC)CC. The molecule has 0 aliphatic rings. The Morgan fingerprint density at radius 1 is 1.12 bits per heavy atom. The molecule has 0 bridgehead atoms. The Morgan fingerprint density at radius 2 is 1.75 bits per heavy atom. The monoisotopic (exact) mass is 229 g/mol. The van der Waals surface area contributed by atoms with Gasteiger partial charge in [-0.2, -0.15) is 0 Å². The van der Waals surface area contributed by atoms with E-state index in [1.54, 1.807) is 0 Å². The maximum atomic E-state index is 10.5. The fourth-order valence-corrected chi connectivity index (χ4v) is 2.07. The van der Waals surface area contributed by atoms with E-state index >= 15 is 0 Å². The van der Waals surface area contributed by atoms with Crippen LogP contribution in [0.5, 0.6) is 0 Å². The van der Waals surface area contributed by atoms with Gasteiger partial charge in [0.25, 0.3) is 0 Å². The van der Waals surface area contributed by atoms with E-state index in [0.717, 1.165) is 45.3 Å². The summed E-state index contributed by atoms with van der Waals surface area (Å²) < 4.78 is 0. The van der Waals surface area contributed by atoms with Gasteiger partial charge in [-0.15, -0.1) is 0 Å². The van der Waals surface area contributed by atoms with E-state index in [-0.39, 0.29) is 0 Å². The Labute approximate surface area is 99.8 Å². The topological polar surface area (TPSA) is 40.5 Å². The van der Waals surface area contributed by atoms with Gasteiger partial charge in [-0.05, 0) is 38.4 Å². The minimum absolute atomic E-state index is 0.322. The van der Waals surface area contributed by atoms with Crippen molar-refractivity contribution in [3.05, 3.63) is 0 Å². The molecule has 0 aromatic rings. The Balaban J connectivity index is 3.87. The van der Waals surface area contributed by atoms with Crippen molar-refractivity contribution >= 4 is 5.97 Å². The van der Waals surface area contributed by atoms with Gasteiger partial charge in [0.2, 0.25) is 0 Å². The molecule has 3 heteroatoms. The number of hydrogen-bond donors (Lipinski definition) is 1. The third-order valence-electron chi connectivity index (χ3n) is 3.21. The number of hydrogen-bond acceptors (Lipinski definition) is 2. The van der Waals surface area contributed by atoms with Crippen molar-refractivity contribution in [1.82, 2.24) is 4.90 Å². The molecule has 0 radical (unpaired) electrons. The van der Waals surface area contributed by atoms with E-state index in [9.17, 15) is 4.79 Å². The molecule has 16 heavy (non-hydrogen) atoms. The second-order valence-electron chi connectivity index (χ2n) is 4.40. The first-order valence-electron chi connectivity index (χ1n) is 6.58. The quantitative estimate of drug-likeness (QED) is 0.626. The third-order valence-corrected chi connectivity index (χ3v) is 3.21. The summed E-state index contributed by atoms with van der Waals surface area (Å²) in [6, 6.07) is 0. The largest absolute Gasteiger partial charge is 0.481 e. The van der Waals surface area contributed by atoms with E-state index in [1.807, 2.05) is 0 Å². The van der Waals surface area contributed by atoms with Crippen LogP contribution in [0.2, 0.25) is 0 Å². The zero-order valence-electron chi connectivity index (χ0n) is 11.0. The minimum Gasteiger partial charge on any atom is -0.481 e. The predicted molar refractivity (Wildman–Crippen MR) is 67.7 cm³/mol. The fraction of sp³-hybridized carbons (Fsp3) is 0.923. The van der Waals surface area contributed by atoms with Gasteiger partial charge in [0.15, 0.2) is 0 Å². The molecule has 0 rings (SSSR count). The summed E-state index contributed by atoms with van der Waals surface area (Å²) in [7, 11) is 0. The normalized spacial score (nSPS) is 13.0. The van der Waals surface area contributed by atoms with Crippen molar-refractivity contribution in [3.63, 3.8) is 0 Å². The zero-order chi connectivity index (χ0) is 12.4. The summed E-state index contributed by atoms with van der Waals surface area (Å²) in [4.78, 5) is 13.0. The molecule has 0 aromatic carbocycles. The highest BCUT2D eigenvalue weighted by Gasteiger charge is 2.11.